The average Bonchev–Trinajstić information content (AvgIpc) is 3.53. The van der Waals surface area contributed by atoms with Gasteiger partial charge in [0, 0.05) is 30.3 Å². The summed E-state index contributed by atoms with van der Waals surface area (Å²) < 4.78 is 10.7. The molecule has 1 atom stereocenters. The Morgan fingerprint density at radius 1 is 1.12 bits per heavy atom. The van der Waals surface area contributed by atoms with Gasteiger partial charge in [0.05, 0.1) is 5.92 Å². The molecule has 0 bridgehead atoms. The predicted molar refractivity (Wildman–Crippen MR) is 121 cm³/mol. The smallest absolute Gasteiger partial charge is 0.231 e. The molecule has 5 rings (SSSR count). The highest BCUT2D eigenvalue weighted by molar-refractivity contribution is 7.18. The van der Waals surface area contributed by atoms with E-state index in [1.807, 2.05) is 12.1 Å². The monoisotopic (exact) mass is 450 g/mol. The number of aromatic nitrogens is 2. The molecule has 1 aromatic heterocycles. The van der Waals surface area contributed by atoms with E-state index in [1.165, 1.54) is 16.9 Å². The van der Waals surface area contributed by atoms with E-state index >= 15 is 0 Å². The van der Waals surface area contributed by atoms with Gasteiger partial charge in [-0.15, -0.1) is 10.2 Å². The molecule has 32 heavy (non-hydrogen) atoms. The first-order valence-electron chi connectivity index (χ1n) is 10.4. The summed E-state index contributed by atoms with van der Waals surface area (Å²) in [6.07, 6.45) is 0.141. The lowest BCUT2D eigenvalue weighted by Crippen LogP contribution is -2.28. The minimum atomic E-state index is -0.467. The Labute approximate surface area is 189 Å². The van der Waals surface area contributed by atoms with Gasteiger partial charge in [-0.3, -0.25) is 9.59 Å². The molecule has 3 heterocycles. The molecule has 2 amide bonds. The topological polar surface area (TPSA) is 93.7 Å². The van der Waals surface area contributed by atoms with Crippen LogP contribution in [0.3, 0.4) is 0 Å². The molecule has 8 nitrogen and oxygen atoms in total. The van der Waals surface area contributed by atoms with Crippen molar-refractivity contribution in [2.75, 3.05) is 23.6 Å². The third kappa shape index (κ3) is 3.91. The number of ether oxygens (including phenoxy) is 2. The fraction of sp³-hybridized carbons (Fsp3) is 0.304. The minimum Gasteiger partial charge on any atom is -0.454 e. The highest BCUT2D eigenvalue weighted by Crippen LogP contribution is 2.37. The quantitative estimate of drug-likeness (QED) is 0.630. The molecule has 9 heteroatoms. The summed E-state index contributed by atoms with van der Waals surface area (Å²) >= 11 is 1.32. The maximum atomic E-state index is 12.8. The van der Waals surface area contributed by atoms with E-state index in [4.69, 9.17) is 9.47 Å². The number of hydrogen-bond donors (Lipinski definition) is 1. The summed E-state index contributed by atoms with van der Waals surface area (Å²) in [7, 11) is 0. The van der Waals surface area contributed by atoms with E-state index in [1.54, 1.807) is 23.1 Å². The number of nitrogens with one attached hydrogen (secondary N) is 1. The normalized spacial score (nSPS) is 17.3. The third-order valence-corrected chi connectivity index (χ3v) is 6.53. The first-order valence-corrected chi connectivity index (χ1v) is 11.2. The fourth-order valence-corrected chi connectivity index (χ4v) is 4.55. The zero-order valence-electron chi connectivity index (χ0n) is 17.7. The Bertz CT molecular complexity index is 1170. The number of carbonyl (C=O) groups is 2. The summed E-state index contributed by atoms with van der Waals surface area (Å²) in [5.41, 5.74) is 2.90. The number of amides is 2. The van der Waals surface area contributed by atoms with Crippen molar-refractivity contribution >= 4 is 34.0 Å². The SMILES string of the molecule is CC(C)c1ccc(-c2nnc(NC(=O)C3CC(=O)N(c4ccc5c(c4)OCO5)C3)s2)cc1. The third-order valence-electron chi connectivity index (χ3n) is 5.64. The van der Waals surface area contributed by atoms with E-state index in [9.17, 15) is 9.59 Å². The van der Waals surface area contributed by atoms with E-state index in [-0.39, 0.29) is 25.0 Å². The average molecular weight is 451 g/mol. The number of carbonyl (C=O) groups excluding carboxylic acids is 2. The maximum absolute atomic E-state index is 12.8. The molecule has 2 aliphatic rings. The molecule has 1 fully saturated rings. The number of fused-ring (bicyclic) bond motifs is 1. The first-order chi connectivity index (χ1) is 15.5. The predicted octanol–water partition coefficient (Wildman–Crippen LogP) is 4.05. The molecular formula is C23H22N4O4S. The Morgan fingerprint density at radius 3 is 2.69 bits per heavy atom. The number of rotatable bonds is 5. The largest absolute Gasteiger partial charge is 0.454 e. The van der Waals surface area contributed by atoms with Gasteiger partial charge in [0.25, 0.3) is 0 Å². The van der Waals surface area contributed by atoms with Gasteiger partial charge >= 0.3 is 0 Å². The van der Waals surface area contributed by atoms with Crippen LogP contribution in [0, 0.1) is 5.92 Å². The van der Waals surface area contributed by atoms with Gasteiger partial charge < -0.3 is 19.7 Å². The zero-order valence-corrected chi connectivity index (χ0v) is 18.5. The van der Waals surface area contributed by atoms with Crippen LogP contribution < -0.4 is 19.7 Å². The first kappa shape index (κ1) is 20.4. The second-order valence-corrected chi connectivity index (χ2v) is 9.10. The molecular weight excluding hydrogens is 428 g/mol. The van der Waals surface area contributed by atoms with Crippen molar-refractivity contribution in [3.63, 3.8) is 0 Å². The summed E-state index contributed by atoms with van der Waals surface area (Å²) in [4.78, 5) is 27.0. The van der Waals surface area contributed by atoms with Gasteiger partial charge in [0.1, 0.15) is 5.01 Å². The van der Waals surface area contributed by atoms with Gasteiger partial charge in [0.2, 0.25) is 23.7 Å². The fourth-order valence-electron chi connectivity index (χ4n) is 3.79. The van der Waals surface area contributed by atoms with Crippen LogP contribution in [-0.2, 0) is 9.59 Å². The van der Waals surface area contributed by atoms with Gasteiger partial charge in [0.15, 0.2) is 11.5 Å². The molecule has 1 unspecified atom stereocenters. The lowest BCUT2D eigenvalue weighted by molar-refractivity contribution is -0.122. The number of hydrogen-bond acceptors (Lipinski definition) is 7. The number of anilines is 2. The van der Waals surface area contributed by atoms with Crippen molar-refractivity contribution in [2.45, 2.75) is 26.2 Å². The Kier molecular flexibility index (Phi) is 5.26. The van der Waals surface area contributed by atoms with Gasteiger partial charge in [-0.25, -0.2) is 0 Å². The molecule has 3 aromatic rings. The molecule has 2 aliphatic heterocycles. The standard InChI is InChI=1S/C23H22N4O4S/c1-13(2)14-3-5-15(6-4-14)22-25-26-23(32-22)24-21(29)16-9-20(28)27(11-16)17-7-8-18-19(10-17)31-12-30-18/h3-8,10,13,16H,9,11-12H2,1-2H3,(H,24,26,29). The molecule has 2 aromatic carbocycles. The van der Waals surface area contributed by atoms with Crippen molar-refractivity contribution in [3.8, 4) is 22.1 Å². The second kappa shape index (κ2) is 8.23. The van der Waals surface area contributed by atoms with E-state index in [0.29, 0.717) is 34.8 Å². The molecule has 164 valence electrons. The molecule has 0 spiro atoms. The van der Waals surface area contributed by atoms with Crippen LogP contribution in [0.15, 0.2) is 42.5 Å². The highest BCUT2D eigenvalue weighted by atomic mass is 32.1. The van der Waals surface area contributed by atoms with E-state index in [2.05, 4.69) is 41.5 Å². The van der Waals surface area contributed by atoms with Crippen molar-refractivity contribution < 1.29 is 19.1 Å². The number of nitrogens with zero attached hydrogens (tertiary/aromatic N) is 3. The summed E-state index contributed by atoms with van der Waals surface area (Å²) in [5, 5.41) is 12.3. The summed E-state index contributed by atoms with van der Waals surface area (Å²) in [5.74, 6) is 0.906. The van der Waals surface area contributed by atoms with Crippen LogP contribution in [0.25, 0.3) is 10.6 Å². The van der Waals surface area contributed by atoms with Crippen LogP contribution in [-0.4, -0.2) is 35.3 Å². The van der Waals surface area contributed by atoms with Crippen molar-refractivity contribution in [3.05, 3.63) is 48.0 Å². The lowest BCUT2D eigenvalue weighted by atomic mass is 10.0. The van der Waals surface area contributed by atoms with Crippen LogP contribution in [0.2, 0.25) is 0 Å². The molecule has 0 radical (unpaired) electrons. The van der Waals surface area contributed by atoms with Crippen LogP contribution in [0.4, 0.5) is 10.8 Å². The Balaban J connectivity index is 1.24. The van der Waals surface area contributed by atoms with Crippen molar-refractivity contribution in [2.24, 2.45) is 5.92 Å². The molecule has 1 N–H and O–H groups in total. The van der Waals surface area contributed by atoms with E-state index in [0.717, 1.165) is 10.6 Å². The van der Waals surface area contributed by atoms with Gasteiger partial charge in [-0.05, 0) is 23.6 Å². The molecule has 0 aliphatic carbocycles. The lowest BCUT2D eigenvalue weighted by Gasteiger charge is -2.16. The second-order valence-electron chi connectivity index (χ2n) is 8.12. The van der Waals surface area contributed by atoms with Crippen LogP contribution in [0.5, 0.6) is 11.5 Å². The minimum absolute atomic E-state index is 0.104. The molecule has 1 saturated heterocycles. The molecule has 0 saturated carbocycles. The van der Waals surface area contributed by atoms with Gasteiger partial charge in [-0.1, -0.05) is 49.4 Å². The zero-order chi connectivity index (χ0) is 22.2. The summed E-state index contributed by atoms with van der Waals surface area (Å²) in [6, 6.07) is 13.5. The van der Waals surface area contributed by atoms with E-state index < -0.39 is 5.92 Å². The van der Waals surface area contributed by atoms with Gasteiger partial charge in [-0.2, -0.15) is 0 Å². The van der Waals surface area contributed by atoms with Crippen LogP contribution >= 0.6 is 11.3 Å². The maximum Gasteiger partial charge on any atom is 0.231 e. The Morgan fingerprint density at radius 2 is 1.91 bits per heavy atom. The van der Waals surface area contributed by atoms with Crippen molar-refractivity contribution in [1.82, 2.24) is 10.2 Å². The van der Waals surface area contributed by atoms with Crippen molar-refractivity contribution in [1.29, 1.82) is 0 Å². The summed E-state index contributed by atoms with van der Waals surface area (Å²) in [6.45, 7) is 4.76. The highest BCUT2D eigenvalue weighted by Gasteiger charge is 2.36. The Hall–Kier alpha value is -3.46. The van der Waals surface area contributed by atoms with Crippen LogP contribution in [0.1, 0.15) is 31.7 Å². The number of benzene rings is 2.